The Balaban J connectivity index is 1.92. The number of nitrogens with one attached hydrogen (secondary N) is 1. The quantitative estimate of drug-likeness (QED) is 0.611. The Kier molecular flexibility index (Phi) is 5.36. The second kappa shape index (κ2) is 7.25. The molecule has 1 saturated heterocycles. The van der Waals surface area contributed by atoms with E-state index in [4.69, 9.17) is 0 Å². The molecule has 1 aromatic carbocycles. The first kappa shape index (κ1) is 14.8. The Morgan fingerprint density at radius 1 is 1.50 bits per heavy atom. The minimum absolute atomic E-state index is 0.292. The third kappa shape index (κ3) is 3.94. The monoisotopic (exact) mass is 272 g/mol. The highest BCUT2D eigenvalue weighted by Gasteiger charge is 2.30. The molecule has 0 radical (unpaired) electrons. The van der Waals surface area contributed by atoms with Crippen LogP contribution in [0, 0.1) is 6.92 Å². The zero-order valence-electron chi connectivity index (χ0n) is 12.3. The third-order valence-corrected chi connectivity index (χ3v) is 3.83. The molecule has 0 spiro atoms. The van der Waals surface area contributed by atoms with Crippen LogP contribution in [0.1, 0.15) is 30.4 Å². The van der Waals surface area contributed by atoms with Crippen LogP contribution in [0.5, 0.6) is 0 Å². The molecule has 20 heavy (non-hydrogen) atoms. The molecule has 1 aliphatic rings. The Labute approximate surface area is 121 Å². The summed E-state index contributed by atoms with van der Waals surface area (Å²) in [6.07, 6.45) is 4.56. The number of likely N-dealkylation sites (tertiary alicyclic amines) is 1. The van der Waals surface area contributed by atoms with E-state index in [2.05, 4.69) is 43.1 Å². The van der Waals surface area contributed by atoms with Gasteiger partial charge >= 0.3 is 0 Å². The van der Waals surface area contributed by atoms with Crippen LogP contribution in [0.15, 0.2) is 36.9 Å². The van der Waals surface area contributed by atoms with Crippen molar-refractivity contribution in [2.24, 2.45) is 0 Å². The average Bonchev–Trinajstić information content (AvgIpc) is 2.76. The Hall–Kier alpha value is -1.61. The van der Waals surface area contributed by atoms with Gasteiger partial charge in [-0.3, -0.25) is 4.79 Å². The number of hydrogen-bond acceptors (Lipinski definition) is 2. The van der Waals surface area contributed by atoms with E-state index < -0.39 is 0 Å². The number of benzene rings is 1. The van der Waals surface area contributed by atoms with Crippen molar-refractivity contribution in [3.63, 3.8) is 0 Å². The number of hydrogen-bond donors (Lipinski definition) is 1. The van der Waals surface area contributed by atoms with Crippen molar-refractivity contribution in [2.45, 2.75) is 38.8 Å². The maximum Gasteiger partial charge on any atom is 0.223 e. The van der Waals surface area contributed by atoms with Gasteiger partial charge in [-0.2, -0.15) is 0 Å². The molecular formula is C17H24N2O. The average molecular weight is 272 g/mol. The van der Waals surface area contributed by atoms with Crippen LogP contribution in [0.3, 0.4) is 0 Å². The molecule has 2 rings (SSSR count). The second-order valence-electron chi connectivity index (χ2n) is 5.48. The number of carbonyl (C=O) groups is 1. The SMILES string of the molecule is C=CCNCC[C@@H]1CCC(=O)N1Cc1cccc(C)c1. The van der Waals surface area contributed by atoms with Gasteiger partial charge in [-0.25, -0.2) is 0 Å². The third-order valence-electron chi connectivity index (χ3n) is 3.83. The molecular weight excluding hydrogens is 248 g/mol. The van der Waals surface area contributed by atoms with E-state index in [9.17, 15) is 4.79 Å². The number of carbonyl (C=O) groups excluding carboxylic acids is 1. The summed E-state index contributed by atoms with van der Waals surface area (Å²) in [6.45, 7) is 8.30. The van der Waals surface area contributed by atoms with Crippen molar-refractivity contribution in [1.29, 1.82) is 0 Å². The first-order chi connectivity index (χ1) is 9.70. The van der Waals surface area contributed by atoms with Crippen molar-refractivity contribution in [1.82, 2.24) is 10.2 Å². The number of rotatable bonds is 7. The van der Waals surface area contributed by atoms with Crippen LogP contribution in [0.4, 0.5) is 0 Å². The van der Waals surface area contributed by atoms with Crippen LogP contribution >= 0.6 is 0 Å². The molecule has 1 aliphatic heterocycles. The summed E-state index contributed by atoms with van der Waals surface area (Å²) in [5.74, 6) is 0.292. The van der Waals surface area contributed by atoms with Gasteiger partial charge in [0, 0.05) is 25.6 Å². The van der Waals surface area contributed by atoms with Crippen molar-refractivity contribution >= 4 is 5.91 Å². The largest absolute Gasteiger partial charge is 0.335 e. The van der Waals surface area contributed by atoms with Gasteiger partial charge in [0.2, 0.25) is 5.91 Å². The van der Waals surface area contributed by atoms with Gasteiger partial charge in [0.25, 0.3) is 0 Å². The molecule has 0 aliphatic carbocycles. The van der Waals surface area contributed by atoms with Crippen LogP contribution < -0.4 is 5.32 Å². The lowest BCUT2D eigenvalue weighted by Crippen LogP contribution is -2.34. The van der Waals surface area contributed by atoms with Crippen molar-refractivity contribution < 1.29 is 4.79 Å². The van der Waals surface area contributed by atoms with Crippen LogP contribution in [-0.2, 0) is 11.3 Å². The van der Waals surface area contributed by atoms with Gasteiger partial charge in [0.15, 0.2) is 0 Å². The highest BCUT2D eigenvalue weighted by atomic mass is 16.2. The summed E-state index contributed by atoms with van der Waals surface area (Å²) in [4.78, 5) is 14.1. The first-order valence-corrected chi connectivity index (χ1v) is 7.37. The molecule has 1 atom stereocenters. The summed E-state index contributed by atoms with van der Waals surface area (Å²) in [5.41, 5.74) is 2.47. The van der Waals surface area contributed by atoms with Gasteiger partial charge < -0.3 is 10.2 Å². The fourth-order valence-corrected chi connectivity index (χ4v) is 2.79. The van der Waals surface area contributed by atoms with Gasteiger partial charge in [-0.1, -0.05) is 35.9 Å². The number of amides is 1. The molecule has 3 nitrogen and oxygen atoms in total. The predicted molar refractivity (Wildman–Crippen MR) is 82.4 cm³/mol. The second-order valence-corrected chi connectivity index (χ2v) is 5.48. The Bertz CT molecular complexity index is 470. The lowest BCUT2D eigenvalue weighted by atomic mass is 10.1. The molecule has 0 aromatic heterocycles. The molecule has 1 N–H and O–H groups in total. The van der Waals surface area contributed by atoms with Crippen molar-refractivity contribution in [3.8, 4) is 0 Å². The lowest BCUT2D eigenvalue weighted by Gasteiger charge is -2.25. The molecule has 0 unspecified atom stereocenters. The fourth-order valence-electron chi connectivity index (χ4n) is 2.79. The van der Waals surface area contributed by atoms with E-state index in [1.807, 2.05) is 11.0 Å². The molecule has 1 aromatic rings. The summed E-state index contributed by atoms with van der Waals surface area (Å²) in [6, 6.07) is 8.79. The van der Waals surface area contributed by atoms with Crippen molar-refractivity contribution in [3.05, 3.63) is 48.0 Å². The molecule has 0 saturated carbocycles. The highest BCUT2D eigenvalue weighted by Crippen LogP contribution is 2.23. The number of nitrogens with zero attached hydrogens (tertiary/aromatic N) is 1. The minimum atomic E-state index is 0.292. The molecule has 0 bridgehead atoms. The molecule has 1 heterocycles. The first-order valence-electron chi connectivity index (χ1n) is 7.37. The van der Waals surface area contributed by atoms with E-state index in [1.54, 1.807) is 0 Å². The Morgan fingerprint density at radius 3 is 3.10 bits per heavy atom. The normalized spacial score (nSPS) is 18.6. The summed E-state index contributed by atoms with van der Waals surface area (Å²) in [5, 5.41) is 3.31. The lowest BCUT2D eigenvalue weighted by molar-refractivity contribution is -0.129. The smallest absolute Gasteiger partial charge is 0.223 e. The summed E-state index contributed by atoms with van der Waals surface area (Å²) in [7, 11) is 0. The van der Waals surface area contributed by atoms with E-state index >= 15 is 0 Å². The van der Waals surface area contributed by atoms with E-state index in [-0.39, 0.29) is 0 Å². The number of aryl methyl sites for hydroxylation is 1. The fraction of sp³-hybridized carbons (Fsp3) is 0.471. The predicted octanol–water partition coefficient (Wildman–Crippen LogP) is 2.65. The van der Waals surface area contributed by atoms with E-state index in [0.29, 0.717) is 18.4 Å². The highest BCUT2D eigenvalue weighted by molar-refractivity contribution is 5.78. The summed E-state index contributed by atoms with van der Waals surface area (Å²) >= 11 is 0. The standard InChI is InChI=1S/C17H24N2O/c1-3-10-18-11-9-16-7-8-17(20)19(16)13-15-6-4-5-14(2)12-15/h3-6,12,16,18H,1,7-11,13H2,2H3/t16-/m0/s1. The summed E-state index contributed by atoms with van der Waals surface area (Å²) < 4.78 is 0. The topological polar surface area (TPSA) is 32.3 Å². The molecule has 1 fully saturated rings. The van der Waals surface area contributed by atoms with E-state index in [0.717, 1.165) is 32.5 Å². The van der Waals surface area contributed by atoms with E-state index in [1.165, 1.54) is 11.1 Å². The van der Waals surface area contributed by atoms with Gasteiger partial charge in [0.05, 0.1) is 0 Å². The molecule has 108 valence electrons. The van der Waals surface area contributed by atoms with Crippen LogP contribution in [0.25, 0.3) is 0 Å². The van der Waals surface area contributed by atoms with Gasteiger partial charge in [-0.15, -0.1) is 6.58 Å². The minimum Gasteiger partial charge on any atom is -0.335 e. The maximum absolute atomic E-state index is 12.1. The Morgan fingerprint density at radius 2 is 2.35 bits per heavy atom. The molecule has 3 heteroatoms. The zero-order valence-corrected chi connectivity index (χ0v) is 12.3. The van der Waals surface area contributed by atoms with Gasteiger partial charge in [0.1, 0.15) is 0 Å². The molecule has 1 amide bonds. The van der Waals surface area contributed by atoms with Crippen LogP contribution in [-0.4, -0.2) is 29.9 Å². The van der Waals surface area contributed by atoms with Crippen LogP contribution in [0.2, 0.25) is 0 Å². The van der Waals surface area contributed by atoms with Crippen molar-refractivity contribution in [2.75, 3.05) is 13.1 Å². The zero-order chi connectivity index (χ0) is 14.4. The van der Waals surface area contributed by atoms with Gasteiger partial charge in [-0.05, 0) is 31.9 Å². The maximum atomic E-state index is 12.1.